The fourth-order valence-electron chi connectivity index (χ4n) is 4.45. The van der Waals surface area contributed by atoms with Gasteiger partial charge in [0.1, 0.15) is 11.6 Å². The van der Waals surface area contributed by atoms with Crippen LogP contribution in [-0.2, 0) is 11.3 Å². The van der Waals surface area contributed by atoms with Crippen molar-refractivity contribution in [1.29, 1.82) is 0 Å². The number of carbonyl (C=O) groups excluding carboxylic acids is 1. The van der Waals surface area contributed by atoms with Gasteiger partial charge in [0, 0.05) is 31.3 Å². The van der Waals surface area contributed by atoms with Crippen LogP contribution in [0.4, 0.5) is 10.2 Å². The number of hydrogen-bond donors (Lipinski definition) is 1. The lowest BCUT2D eigenvalue weighted by Crippen LogP contribution is -2.36. The van der Waals surface area contributed by atoms with Gasteiger partial charge in [-0.1, -0.05) is 31.0 Å². The third kappa shape index (κ3) is 5.22. The second-order valence-corrected chi connectivity index (χ2v) is 8.14. The molecule has 1 N–H and O–H groups in total. The highest BCUT2D eigenvalue weighted by atomic mass is 19.1. The van der Waals surface area contributed by atoms with Crippen LogP contribution >= 0.6 is 0 Å². The van der Waals surface area contributed by atoms with Crippen LogP contribution in [-0.4, -0.2) is 58.2 Å². The zero-order valence-corrected chi connectivity index (χ0v) is 16.9. The van der Waals surface area contributed by atoms with E-state index in [1.54, 1.807) is 12.3 Å². The number of rotatable bonds is 6. The van der Waals surface area contributed by atoms with Gasteiger partial charge in [0.15, 0.2) is 0 Å². The maximum Gasteiger partial charge on any atom is 0.239 e. The monoisotopic (exact) mass is 399 g/mol. The Morgan fingerprint density at radius 1 is 1.03 bits per heavy atom. The van der Waals surface area contributed by atoms with E-state index in [1.807, 2.05) is 22.9 Å². The van der Waals surface area contributed by atoms with Crippen molar-refractivity contribution in [3.8, 4) is 0 Å². The number of benzene rings is 1. The van der Waals surface area contributed by atoms with Crippen molar-refractivity contribution in [1.82, 2.24) is 19.6 Å². The summed E-state index contributed by atoms with van der Waals surface area (Å²) in [5.74, 6) is 0.664. The molecule has 1 aromatic carbocycles. The van der Waals surface area contributed by atoms with E-state index in [1.165, 1.54) is 18.9 Å². The molecular weight excluding hydrogens is 369 g/mol. The molecule has 7 heteroatoms. The average Bonchev–Trinajstić information content (AvgIpc) is 3.34. The second-order valence-electron chi connectivity index (χ2n) is 8.14. The van der Waals surface area contributed by atoms with E-state index in [2.05, 4.69) is 20.2 Å². The predicted octanol–water partition coefficient (Wildman–Crippen LogP) is 3.28. The second kappa shape index (κ2) is 9.50. The normalized spacial score (nSPS) is 19.3. The van der Waals surface area contributed by atoms with Gasteiger partial charge in [-0.2, -0.15) is 5.10 Å². The Morgan fingerprint density at radius 2 is 1.79 bits per heavy atom. The van der Waals surface area contributed by atoms with Gasteiger partial charge in [-0.25, -0.2) is 9.07 Å². The summed E-state index contributed by atoms with van der Waals surface area (Å²) < 4.78 is 15.9. The molecule has 1 saturated carbocycles. The summed E-state index contributed by atoms with van der Waals surface area (Å²) in [6, 6.07) is 9.25. The van der Waals surface area contributed by atoms with Crippen LogP contribution in [0.15, 0.2) is 36.5 Å². The molecular formula is C22H30FN5O. The standard InChI is InChI=1S/C22H30FN5O/c23-20-9-4-1-6-18(20)16-26-12-5-13-27(15-14-26)17-22(29)25-21-10-11-24-28(21)19-7-2-3-8-19/h1,4,6,9-11,19H,2-3,5,7-8,12-17H2,(H,25,29). The van der Waals surface area contributed by atoms with Crippen LogP contribution in [0.1, 0.15) is 43.7 Å². The maximum absolute atomic E-state index is 13.9. The zero-order chi connectivity index (χ0) is 20.1. The van der Waals surface area contributed by atoms with E-state index in [-0.39, 0.29) is 11.7 Å². The Hall–Kier alpha value is -2.25. The molecule has 156 valence electrons. The summed E-state index contributed by atoms with van der Waals surface area (Å²) in [6.45, 7) is 4.44. The van der Waals surface area contributed by atoms with Crippen LogP contribution < -0.4 is 5.32 Å². The van der Waals surface area contributed by atoms with Crippen LogP contribution in [0.5, 0.6) is 0 Å². The van der Waals surface area contributed by atoms with Crippen molar-refractivity contribution < 1.29 is 9.18 Å². The summed E-state index contributed by atoms with van der Waals surface area (Å²) >= 11 is 0. The van der Waals surface area contributed by atoms with Gasteiger partial charge in [0.2, 0.25) is 5.91 Å². The van der Waals surface area contributed by atoms with E-state index in [0.29, 0.717) is 19.1 Å². The van der Waals surface area contributed by atoms with Crippen LogP contribution in [0.2, 0.25) is 0 Å². The largest absolute Gasteiger partial charge is 0.310 e. The van der Waals surface area contributed by atoms with Gasteiger partial charge in [-0.3, -0.25) is 14.6 Å². The minimum atomic E-state index is -0.146. The highest BCUT2D eigenvalue weighted by Crippen LogP contribution is 2.31. The van der Waals surface area contributed by atoms with Crippen molar-refractivity contribution in [3.05, 3.63) is 47.9 Å². The van der Waals surface area contributed by atoms with E-state index in [0.717, 1.165) is 56.8 Å². The third-order valence-corrected chi connectivity index (χ3v) is 6.01. The molecule has 0 radical (unpaired) electrons. The quantitative estimate of drug-likeness (QED) is 0.810. The molecule has 2 aromatic rings. The van der Waals surface area contributed by atoms with Gasteiger partial charge in [-0.05, 0) is 38.4 Å². The molecule has 1 saturated heterocycles. The molecule has 1 aliphatic carbocycles. The van der Waals surface area contributed by atoms with Crippen molar-refractivity contribution >= 4 is 11.7 Å². The first-order chi connectivity index (χ1) is 14.2. The molecule has 1 aliphatic heterocycles. The number of aromatic nitrogens is 2. The predicted molar refractivity (Wildman–Crippen MR) is 111 cm³/mol. The van der Waals surface area contributed by atoms with E-state index < -0.39 is 0 Å². The van der Waals surface area contributed by atoms with Crippen molar-refractivity contribution in [2.75, 3.05) is 38.0 Å². The molecule has 0 bridgehead atoms. The Balaban J connectivity index is 1.27. The molecule has 4 rings (SSSR count). The first-order valence-electron chi connectivity index (χ1n) is 10.7. The SMILES string of the molecule is O=C(CN1CCCN(Cc2ccccc2F)CC1)Nc1ccnn1C1CCCC1. The number of amides is 1. The van der Waals surface area contributed by atoms with Gasteiger partial charge >= 0.3 is 0 Å². The first-order valence-corrected chi connectivity index (χ1v) is 10.7. The molecule has 0 spiro atoms. The summed E-state index contributed by atoms with van der Waals surface area (Å²) in [5, 5.41) is 7.47. The van der Waals surface area contributed by atoms with Gasteiger partial charge < -0.3 is 5.32 Å². The maximum atomic E-state index is 13.9. The van der Waals surface area contributed by atoms with Crippen LogP contribution in [0.25, 0.3) is 0 Å². The molecule has 1 aromatic heterocycles. The third-order valence-electron chi connectivity index (χ3n) is 6.01. The molecule has 29 heavy (non-hydrogen) atoms. The Bertz CT molecular complexity index is 817. The molecule has 2 aliphatic rings. The fraction of sp³-hybridized carbons (Fsp3) is 0.545. The molecule has 2 fully saturated rings. The summed E-state index contributed by atoms with van der Waals surface area (Å²) in [5.41, 5.74) is 0.735. The topological polar surface area (TPSA) is 53.4 Å². The molecule has 6 nitrogen and oxygen atoms in total. The summed E-state index contributed by atoms with van der Waals surface area (Å²) in [4.78, 5) is 17.1. The summed E-state index contributed by atoms with van der Waals surface area (Å²) in [7, 11) is 0. The molecule has 0 unspecified atom stereocenters. The molecule has 2 heterocycles. The highest BCUT2D eigenvalue weighted by molar-refractivity contribution is 5.91. The fourth-order valence-corrected chi connectivity index (χ4v) is 4.45. The van der Waals surface area contributed by atoms with Crippen LogP contribution in [0.3, 0.4) is 0 Å². The lowest BCUT2D eigenvalue weighted by atomic mass is 10.2. The minimum Gasteiger partial charge on any atom is -0.310 e. The van der Waals surface area contributed by atoms with Crippen molar-refractivity contribution in [2.45, 2.75) is 44.7 Å². The zero-order valence-electron chi connectivity index (χ0n) is 16.9. The number of halogens is 1. The number of anilines is 1. The first kappa shape index (κ1) is 20.0. The Kier molecular flexibility index (Phi) is 6.56. The molecule has 1 amide bonds. The number of carbonyl (C=O) groups is 1. The number of nitrogens with zero attached hydrogens (tertiary/aromatic N) is 4. The number of hydrogen-bond acceptors (Lipinski definition) is 4. The lowest BCUT2D eigenvalue weighted by Gasteiger charge is -2.22. The minimum absolute atomic E-state index is 0.00676. The summed E-state index contributed by atoms with van der Waals surface area (Å²) in [6.07, 6.45) is 7.47. The number of nitrogens with one attached hydrogen (secondary N) is 1. The lowest BCUT2D eigenvalue weighted by molar-refractivity contribution is -0.117. The van der Waals surface area contributed by atoms with Crippen molar-refractivity contribution in [3.63, 3.8) is 0 Å². The Morgan fingerprint density at radius 3 is 2.62 bits per heavy atom. The Labute approximate surface area is 171 Å². The van der Waals surface area contributed by atoms with Gasteiger partial charge in [-0.15, -0.1) is 0 Å². The van der Waals surface area contributed by atoms with E-state index in [9.17, 15) is 9.18 Å². The average molecular weight is 400 g/mol. The van der Waals surface area contributed by atoms with E-state index in [4.69, 9.17) is 0 Å². The van der Waals surface area contributed by atoms with Gasteiger partial charge in [0.05, 0.1) is 18.8 Å². The smallest absolute Gasteiger partial charge is 0.239 e. The van der Waals surface area contributed by atoms with Crippen molar-refractivity contribution in [2.24, 2.45) is 0 Å². The van der Waals surface area contributed by atoms with E-state index >= 15 is 0 Å². The highest BCUT2D eigenvalue weighted by Gasteiger charge is 2.22. The van der Waals surface area contributed by atoms with Gasteiger partial charge in [0.25, 0.3) is 0 Å². The van der Waals surface area contributed by atoms with Crippen LogP contribution in [0, 0.1) is 5.82 Å². The molecule has 0 atom stereocenters.